The Hall–Kier alpha value is -6.64. The second kappa shape index (κ2) is 13.9. The first kappa shape index (κ1) is 31.3. The molecular weight excluding hydrogens is 629 g/mol. The Labute approximate surface area is 306 Å². The molecular formula is C50H38N2. The molecule has 0 heterocycles. The normalized spacial score (nSPS) is 12.0. The van der Waals surface area contributed by atoms with Crippen LogP contribution in [-0.4, -0.2) is 0 Å². The van der Waals surface area contributed by atoms with Crippen LogP contribution in [0.25, 0.3) is 39.1 Å². The molecule has 2 heteroatoms. The van der Waals surface area contributed by atoms with E-state index < -0.39 is 0 Å². The molecule has 0 fully saturated rings. The standard InChI is InChI=1S/C50H38N2/c1-3-20-43(21-4-1)51(49-26-12-16-39-14-7-9-24-47(39)49)45-32-28-37(29-33-45)41-18-11-19-42(36-41)38-30-34-46(35-31-38)52(44-22-5-2-6-23-44)50-27-13-17-40-15-8-10-25-48(40)50/h1-7,9-14,16-36H,8,15H2. The Kier molecular flexibility index (Phi) is 8.40. The highest BCUT2D eigenvalue weighted by Gasteiger charge is 2.19. The highest BCUT2D eigenvalue weighted by atomic mass is 15.1. The maximum Gasteiger partial charge on any atom is 0.0540 e. The Bertz CT molecular complexity index is 2490. The van der Waals surface area contributed by atoms with Gasteiger partial charge in [0.05, 0.1) is 11.4 Å². The van der Waals surface area contributed by atoms with Crippen LogP contribution in [-0.2, 0) is 6.42 Å². The molecule has 8 aromatic rings. The third-order valence-corrected chi connectivity index (χ3v) is 10.1. The minimum Gasteiger partial charge on any atom is -0.310 e. The molecule has 0 N–H and O–H groups in total. The van der Waals surface area contributed by atoms with Crippen LogP contribution < -0.4 is 9.80 Å². The average molecular weight is 667 g/mol. The summed E-state index contributed by atoms with van der Waals surface area (Å²) in [5.41, 5.74) is 14.4. The number of aryl methyl sites for hydroxylation is 1. The van der Waals surface area contributed by atoms with Gasteiger partial charge in [-0.05, 0) is 113 Å². The topological polar surface area (TPSA) is 6.48 Å². The predicted octanol–water partition coefficient (Wildman–Crippen LogP) is 14.1. The maximum atomic E-state index is 2.38. The quantitative estimate of drug-likeness (QED) is 0.159. The van der Waals surface area contributed by atoms with E-state index in [4.69, 9.17) is 0 Å². The third kappa shape index (κ3) is 6.05. The van der Waals surface area contributed by atoms with Gasteiger partial charge in [-0.15, -0.1) is 0 Å². The van der Waals surface area contributed by atoms with E-state index in [2.05, 4.69) is 216 Å². The fourth-order valence-corrected chi connectivity index (χ4v) is 7.54. The fourth-order valence-electron chi connectivity index (χ4n) is 7.54. The lowest BCUT2D eigenvalue weighted by Gasteiger charge is -2.29. The van der Waals surface area contributed by atoms with Crippen molar-refractivity contribution in [3.63, 3.8) is 0 Å². The summed E-state index contributed by atoms with van der Waals surface area (Å²) < 4.78 is 0. The number of hydrogen-bond acceptors (Lipinski definition) is 2. The second-order valence-electron chi connectivity index (χ2n) is 13.3. The first-order chi connectivity index (χ1) is 25.8. The van der Waals surface area contributed by atoms with Gasteiger partial charge in [-0.3, -0.25) is 0 Å². The molecule has 2 nitrogen and oxygen atoms in total. The van der Waals surface area contributed by atoms with E-state index in [1.807, 2.05) is 0 Å². The lowest BCUT2D eigenvalue weighted by molar-refractivity contribution is 0.984. The van der Waals surface area contributed by atoms with Gasteiger partial charge < -0.3 is 9.80 Å². The third-order valence-electron chi connectivity index (χ3n) is 10.1. The number of fused-ring (bicyclic) bond motifs is 2. The highest BCUT2D eigenvalue weighted by Crippen LogP contribution is 2.42. The van der Waals surface area contributed by atoms with Crippen molar-refractivity contribution in [2.24, 2.45) is 0 Å². The summed E-state index contributed by atoms with van der Waals surface area (Å²) in [5, 5.41) is 2.45. The number of anilines is 6. The molecule has 0 unspecified atom stereocenters. The van der Waals surface area contributed by atoms with Crippen molar-refractivity contribution in [1.82, 2.24) is 0 Å². The molecule has 1 aliphatic carbocycles. The summed E-state index contributed by atoms with van der Waals surface area (Å²) in [5.74, 6) is 0. The zero-order chi connectivity index (χ0) is 34.7. The lowest BCUT2D eigenvalue weighted by atomic mass is 9.94. The van der Waals surface area contributed by atoms with Crippen molar-refractivity contribution in [3.05, 3.63) is 211 Å². The van der Waals surface area contributed by atoms with Gasteiger partial charge in [0.25, 0.3) is 0 Å². The van der Waals surface area contributed by atoms with Gasteiger partial charge in [0.1, 0.15) is 0 Å². The second-order valence-corrected chi connectivity index (χ2v) is 13.3. The first-order valence-corrected chi connectivity index (χ1v) is 18.1. The maximum absolute atomic E-state index is 2.38. The molecule has 9 rings (SSSR count). The molecule has 0 amide bonds. The van der Waals surface area contributed by atoms with Gasteiger partial charge in [-0.1, -0.05) is 140 Å². The van der Waals surface area contributed by atoms with E-state index in [9.17, 15) is 0 Å². The summed E-state index contributed by atoms with van der Waals surface area (Å²) >= 11 is 0. The fraction of sp³-hybridized carbons (Fsp3) is 0.0400. The number of hydrogen-bond donors (Lipinski definition) is 0. The summed E-state index contributed by atoms with van der Waals surface area (Å²) in [6.07, 6.45) is 6.76. The molecule has 0 bridgehead atoms. The minimum absolute atomic E-state index is 1.08. The van der Waals surface area contributed by atoms with Gasteiger partial charge in [0, 0.05) is 33.7 Å². The lowest BCUT2D eigenvalue weighted by Crippen LogP contribution is -2.12. The molecule has 8 aromatic carbocycles. The molecule has 0 spiro atoms. The highest BCUT2D eigenvalue weighted by molar-refractivity contribution is 5.99. The average Bonchev–Trinajstić information content (AvgIpc) is 3.23. The van der Waals surface area contributed by atoms with E-state index in [0.29, 0.717) is 0 Å². The van der Waals surface area contributed by atoms with E-state index in [1.165, 1.54) is 49.8 Å². The number of para-hydroxylation sites is 2. The zero-order valence-electron chi connectivity index (χ0n) is 28.9. The molecule has 0 saturated heterocycles. The van der Waals surface area contributed by atoms with E-state index in [-0.39, 0.29) is 0 Å². The van der Waals surface area contributed by atoms with Crippen LogP contribution in [0.5, 0.6) is 0 Å². The Morgan fingerprint density at radius 2 is 0.865 bits per heavy atom. The van der Waals surface area contributed by atoms with Crippen LogP contribution in [0, 0.1) is 0 Å². The summed E-state index contributed by atoms with van der Waals surface area (Å²) in [7, 11) is 0. The first-order valence-electron chi connectivity index (χ1n) is 18.1. The van der Waals surface area contributed by atoms with E-state index in [0.717, 1.165) is 41.3 Å². The van der Waals surface area contributed by atoms with Crippen LogP contribution >= 0.6 is 0 Å². The van der Waals surface area contributed by atoms with Crippen molar-refractivity contribution in [1.29, 1.82) is 0 Å². The van der Waals surface area contributed by atoms with Crippen LogP contribution in [0.3, 0.4) is 0 Å². The number of benzene rings is 8. The molecule has 0 aromatic heterocycles. The van der Waals surface area contributed by atoms with Crippen molar-refractivity contribution in [3.8, 4) is 22.3 Å². The van der Waals surface area contributed by atoms with Gasteiger partial charge in [0.2, 0.25) is 0 Å². The van der Waals surface area contributed by atoms with Crippen molar-refractivity contribution < 1.29 is 0 Å². The van der Waals surface area contributed by atoms with Crippen LogP contribution in [0.2, 0.25) is 0 Å². The van der Waals surface area contributed by atoms with Crippen LogP contribution in [0.4, 0.5) is 34.1 Å². The molecule has 0 radical (unpaired) electrons. The van der Waals surface area contributed by atoms with Gasteiger partial charge in [0.15, 0.2) is 0 Å². The number of nitrogens with zero attached hydrogens (tertiary/aromatic N) is 2. The van der Waals surface area contributed by atoms with Gasteiger partial charge in [-0.2, -0.15) is 0 Å². The van der Waals surface area contributed by atoms with Crippen molar-refractivity contribution >= 4 is 51.0 Å². The molecule has 1 aliphatic rings. The zero-order valence-corrected chi connectivity index (χ0v) is 28.9. The molecule has 248 valence electrons. The Balaban J connectivity index is 1.03. The number of allylic oxidation sites excluding steroid dienone is 1. The molecule has 0 atom stereocenters. The van der Waals surface area contributed by atoms with Crippen LogP contribution in [0.15, 0.2) is 200 Å². The van der Waals surface area contributed by atoms with Gasteiger partial charge in [-0.25, -0.2) is 0 Å². The van der Waals surface area contributed by atoms with E-state index >= 15 is 0 Å². The smallest absolute Gasteiger partial charge is 0.0540 e. The molecule has 0 saturated carbocycles. The Morgan fingerprint density at radius 1 is 0.365 bits per heavy atom. The largest absolute Gasteiger partial charge is 0.310 e. The molecule has 0 aliphatic heterocycles. The monoisotopic (exact) mass is 666 g/mol. The summed E-state index contributed by atoms with van der Waals surface area (Å²) in [6, 6.07) is 70.0. The van der Waals surface area contributed by atoms with Crippen molar-refractivity contribution in [2.75, 3.05) is 9.80 Å². The minimum atomic E-state index is 1.08. The van der Waals surface area contributed by atoms with Crippen LogP contribution in [0.1, 0.15) is 17.5 Å². The molecule has 52 heavy (non-hydrogen) atoms. The SMILES string of the molecule is C1=Cc2c(cccc2N(c2ccccc2)c2ccc(-c3cccc(-c4ccc(N(c5ccccc5)c5cccc6ccccc56)cc4)c3)cc2)CC1. The van der Waals surface area contributed by atoms with Gasteiger partial charge >= 0.3 is 0 Å². The summed E-state index contributed by atoms with van der Waals surface area (Å²) in [6.45, 7) is 0. The van der Waals surface area contributed by atoms with Crippen molar-refractivity contribution in [2.45, 2.75) is 12.8 Å². The predicted molar refractivity (Wildman–Crippen MR) is 222 cm³/mol. The van der Waals surface area contributed by atoms with E-state index in [1.54, 1.807) is 0 Å². The Morgan fingerprint density at radius 3 is 1.52 bits per heavy atom. The summed E-state index contributed by atoms with van der Waals surface area (Å²) in [4.78, 5) is 4.73. The number of rotatable bonds is 8.